The van der Waals surface area contributed by atoms with E-state index in [0.717, 1.165) is 31.2 Å². The maximum absolute atomic E-state index is 12.7. The molecule has 2 aromatic rings. The molecule has 0 spiro atoms. The lowest BCUT2D eigenvalue weighted by atomic mass is 9.88. The van der Waals surface area contributed by atoms with Gasteiger partial charge >= 0.3 is 0 Å². The van der Waals surface area contributed by atoms with Crippen molar-refractivity contribution >= 4 is 28.2 Å². The summed E-state index contributed by atoms with van der Waals surface area (Å²) < 4.78 is 0. The van der Waals surface area contributed by atoms with E-state index in [-0.39, 0.29) is 17.7 Å². The smallest absolute Gasteiger partial charge is 0.251 e. The van der Waals surface area contributed by atoms with Gasteiger partial charge in [0.1, 0.15) is 5.00 Å². The van der Waals surface area contributed by atoms with E-state index in [1.807, 2.05) is 18.2 Å². The molecule has 2 aliphatic carbocycles. The molecule has 2 aliphatic rings. The number of thiophene rings is 1. The highest BCUT2D eigenvalue weighted by Crippen LogP contribution is 2.48. The van der Waals surface area contributed by atoms with E-state index >= 15 is 0 Å². The van der Waals surface area contributed by atoms with Crippen molar-refractivity contribution in [1.82, 2.24) is 0 Å². The van der Waals surface area contributed by atoms with Crippen LogP contribution in [0.25, 0.3) is 0 Å². The van der Waals surface area contributed by atoms with Crippen molar-refractivity contribution in [3.63, 3.8) is 0 Å². The highest BCUT2D eigenvalue weighted by atomic mass is 32.1. The predicted octanol–water partition coefficient (Wildman–Crippen LogP) is 3.71. The van der Waals surface area contributed by atoms with Crippen molar-refractivity contribution in [3.8, 4) is 0 Å². The Morgan fingerprint density at radius 1 is 1.24 bits per heavy atom. The normalized spacial score (nSPS) is 24.4. The first-order chi connectivity index (χ1) is 12.0. The number of hydrogen-bond acceptors (Lipinski definition) is 3. The number of rotatable bonds is 4. The van der Waals surface area contributed by atoms with Crippen LogP contribution in [0.1, 0.15) is 52.0 Å². The minimum atomic E-state index is -0.433. The Morgan fingerprint density at radius 3 is 2.72 bits per heavy atom. The van der Waals surface area contributed by atoms with Gasteiger partial charge in [0.05, 0.1) is 5.56 Å². The molecule has 2 amide bonds. The van der Waals surface area contributed by atoms with Crippen molar-refractivity contribution in [3.05, 3.63) is 51.9 Å². The summed E-state index contributed by atoms with van der Waals surface area (Å²) >= 11 is 1.53. The summed E-state index contributed by atoms with van der Waals surface area (Å²) in [6, 6.07) is 10.1. The van der Waals surface area contributed by atoms with Crippen molar-refractivity contribution in [2.24, 2.45) is 17.6 Å². The van der Waals surface area contributed by atoms with Crippen LogP contribution in [-0.4, -0.2) is 11.8 Å². The lowest BCUT2D eigenvalue weighted by Gasteiger charge is -2.18. The Hall–Kier alpha value is -2.14. The molecule has 3 N–H and O–H groups in total. The Labute approximate surface area is 151 Å². The first-order valence-electron chi connectivity index (χ1n) is 8.84. The van der Waals surface area contributed by atoms with Crippen molar-refractivity contribution in [2.75, 3.05) is 5.32 Å². The number of anilines is 1. The van der Waals surface area contributed by atoms with Crippen LogP contribution in [0, 0.1) is 11.8 Å². The molecular weight excluding hydrogens is 332 g/mol. The minimum absolute atomic E-state index is 0.00278. The van der Waals surface area contributed by atoms with Gasteiger partial charge in [-0.2, -0.15) is 0 Å². The van der Waals surface area contributed by atoms with E-state index in [0.29, 0.717) is 16.5 Å². The van der Waals surface area contributed by atoms with E-state index in [9.17, 15) is 9.59 Å². The van der Waals surface area contributed by atoms with Gasteiger partial charge in [0, 0.05) is 10.8 Å². The van der Waals surface area contributed by atoms with Crippen molar-refractivity contribution in [1.29, 1.82) is 0 Å². The number of primary amides is 1. The molecule has 3 atom stereocenters. The molecule has 5 heteroatoms. The molecule has 1 aromatic carbocycles. The molecule has 1 heterocycles. The van der Waals surface area contributed by atoms with E-state index < -0.39 is 5.91 Å². The van der Waals surface area contributed by atoms with Crippen LogP contribution >= 0.6 is 11.3 Å². The SMILES string of the molecule is C[C@@H]1CCc2c(sc(NC(=O)[C@H]3C[C@H]3c3ccccc3)c2C(N)=O)C1. The largest absolute Gasteiger partial charge is 0.365 e. The van der Waals surface area contributed by atoms with Gasteiger partial charge in [-0.15, -0.1) is 11.3 Å². The number of carbonyl (C=O) groups excluding carboxylic acids is 2. The van der Waals surface area contributed by atoms with E-state index in [4.69, 9.17) is 5.73 Å². The van der Waals surface area contributed by atoms with Crippen molar-refractivity contribution < 1.29 is 9.59 Å². The van der Waals surface area contributed by atoms with Crippen LogP contribution in [0.15, 0.2) is 30.3 Å². The average molecular weight is 354 g/mol. The zero-order valence-corrected chi connectivity index (χ0v) is 15.1. The van der Waals surface area contributed by atoms with Gasteiger partial charge in [0.15, 0.2) is 0 Å². The number of amides is 2. The second-order valence-electron chi connectivity index (χ2n) is 7.27. The number of benzene rings is 1. The molecule has 0 bridgehead atoms. The third kappa shape index (κ3) is 3.09. The highest BCUT2D eigenvalue weighted by molar-refractivity contribution is 7.17. The van der Waals surface area contributed by atoms with E-state index in [1.54, 1.807) is 0 Å². The molecular formula is C20H22N2O2S. The molecule has 0 saturated heterocycles. The molecule has 1 saturated carbocycles. The van der Waals surface area contributed by atoms with Gasteiger partial charge in [-0.25, -0.2) is 0 Å². The number of fused-ring (bicyclic) bond motifs is 1. The summed E-state index contributed by atoms with van der Waals surface area (Å²) in [5.41, 5.74) is 8.42. The summed E-state index contributed by atoms with van der Waals surface area (Å²) in [5, 5.41) is 3.65. The topological polar surface area (TPSA) is 72.2 Å². The Morgan fingerprint density at radius 2 is 2.00 bits per heavy atom. The first-order valence-corrected chi connectivity index (χ1v) is 9.66. The van der Waals surface area contributed by atoms with Gasteiger partial charge in [0.2, 0.25) is 5.91 Å². The maximum Gasteiger partial charge on any atom is 0.251 e. The zero-order chi connectivity index (χ0) is 17.6. The van der Waals surface area contributed by atoms with Gasteiger partial charge in [-0.3, -0.25) is 9.59 Å². The van der Waals surface area contributed by atoms with Crippen LogP contribution in [0.3, 0.4) is 0 Å². The fraction of sp³-hybridized carbons (Fsp3) is 0.400. The van der Waals surface area contributed by atoms with Crippen LogP contribution in [0.4, 0.5) is 5.00 Å². The van der Waals surface area contributed by atoms with Crippen molar-refractivity contribution in [2.45, 2.75) is 38.5 Å². The Kier molecular flexibility index (Phi) is 4.12. The summed E-state index contributed by atoms with van der Waals surface area (Å²) in [6.07, 6.45) is 3.77. The molecule has 0 radical (unpaired) electrons. The van der Waals surface area contributed by atoms with E-state index in [1.165, 1.54) is 21.8 Å². The number of nitrogens with two attached hydrogens (primary N) is 1. The van der Waals surface area contributed by atoms with Crippen LogP contribution in [0.5, 0.6) is 0 Å². The zero-order valence-electron chi connectivity index (χ0n) is 14.2. The van der Waals surface area contributed by atoms with Gasteiger partial charge < -0.3 is 11.1 Å². The lowest BCUT2D eigenvalue weighted by Crippen LogP contribution is -2.20. The molecule has 1 aromatic heterocycles. The molecule has 0 aliphatic heterocycles. The molecule has 25 heavy (non-hydrogen) atoms. The van der Waals surface area contributed by atoms with Gasteiger partial charge in [-0.1, -0.05) is 37.3 Å². The molecule has 4 rings (SSSR count). The second kappa shape index (κ2) is 6.30. The summed E-state index contributed by atoms with van der Waals surface area (Å²) in [5.74, 6) is 0.455. The first kappa shape index (κ1) is 16.3. The summed E-state index contributed by atoms with van der Waals surface area (Å²) in [7, 11) is 0. The van der Waals surface area contributed by atoms with Crippen LogP contribution < -0.4 is 11.1 Å². The minimum Gasteiger partial charge on any atom is -0.365 e. The Bertz CT molecular complexity index is 828. The number of nitrogens with one attached hydrogen (secondary N) is 1. The van der Waals surface area contributed by atoms with Crippen LogP contribution in [0.2, 0.25) is 0 Å². The maximum atomic E-state index is 12.7. The third-order valence-electron chi connectivity index (χ3n) is 5.35. The highest BCUT2D eigenvalue weighted by Gasteiger charge is 2.44. The predicted molar refractivity (Wildman–Crippen MR) is 99.9 cm³/mol. The van der Waals surface area contributed by atoms with Gasteiger partial charge in [-0.05, 0) is 48.6 Å². The quantitative estimate of drug-likeness (QED) is 0.878. The fourth-order valence-corrected chi connectivity index (χ4v) is 5.28. The van der Waals surface area contributed by atoms with E-state index in [2.05, 4.69) is 24.4 Å². The number of carbonyl (C=O) groups is 2. The molecule has 4 nitrogen and oxygen atoms in total. The third-order valence-corrected chi connectivity index (χ3v) is 6.52. The summed E-state index contributed by atoms with van der Waals surface area (Å²) in [6.45, 7) is 2.22. The standard InChI is InChI=1S/C20H22N2O2S/c1-11-7-8-13-16(9-11)25-20(17(13)18(21)23)22-19(24)15-10-14(15)12-5-3-2-4-6-12/h2-6,11,14-15H,7-10H2,1H3,(H2,21,23)(H,22,24)/t11-,14+,15+/m1/s1. The Balaban J connectivity index is 1.53. The molecule has 1 fully saturated rings. The average Bonchev–Trinajstić information content (AvgIpc) is 3.31. The monoisotopic (exact) mass is 354 g/mol. The number of hydrogen-bond donors (Lipinski definition) is 2. The fourth-order valence-electron chi connectivity index (χ4n) is 3.86. The molecule has 0 unspecified atom stereocenters. The summed E-state index contributed by atoms with van der Waals surface area (Å²) in [4.78, 5) is 25.8. The van der Waals surface area contributed by atoms with Crippen LogP contribution in [-0.2, 0) is 17.6 Å². The lowest BCUT2D eigenvalue weighted by molar-refractivity contribution is -0.117. The molecule has 130 valence electrons. The van der Waals surface area contributed by atoms with Gasteiger partial charge in [0.25, 0.3) is 5.91 Å². The second-order valence-corrected chi connectivity index (χ2v) is 8.37.